The number of hydrogen-bond acceptors (Lipinski definition) is 6. The van der Waals surface area contributed by atoms with Crippen molar-refractivity contribution in [1.82, 2.24) is 25.4 Å². The molecule has 3 aromatic rings. The van der Waals surface area contributed by atoms with Gasteiger partial charge in [-0.25, -0.2) is 9.78 Å². The van der Waals surface area contributed by atoms with Crippen molar-refractivity contribution in [1.29, 1.82) is 0 Å². The van der Waals surface area contributed by atoms with E-state index < -0.39 is 17.9 Å². The van der Waals surface area contributed by atoms with Crippen LogP contribution in [-0.2, 0) is 17.6 Å². The third kappa shape index (κ3) is 5.45. The Morgan fingerprint density at radius 3 is 3.06 bits per heavy atom. The summed E-state index contributed by atoms with van der Waals surface area (Å²) in [6.45, 7) is 3.55. The van der Waals surface area contributed by atoms with Gasteiger partial charge in [0.2, 0.25) is 0 Å². The summed E-state index contributed by atoms with van der Waals surface area (Å²) in [7, 11) is 0. The third-order valence-corrected chi connectivity index (χ3v) is 7.19. The molecule has 2 atom stereocenters. The monoisotopic (exact) mass is 476 g/mol. The molecule has 0 aliphatic carbocycles. The van der Waals surface area contributed by atoms with Crippen LogP contribution in [0.3, 0.4) is 0 Å². The summed E-state index contributed by atoms with van der Waals surface area (Å²) < 4.78 is 0. The standard InChI is InChI=1S/C26H32N6O3/c33-25(21-5-1-3-19-15-28-31-23(19)21)30-22(26(34)35)11-14-32-13-10-17(16-32)6-8-20-9-7-18-4-2-12-27-24(18)29-20/h1,3,5,7,9,15,17,22H,2,4,6,8,10-14,16H2,(H,27,29)(H,28,31)(H,30,33)(H,34,35)/t17?,22-/m0/s1. The van der Waals surface area contributed by atoms with Crippen LogP contribution in [0, 0.1) is 5.92 Å². The van der Waals surface area contributed by atoms with Gasteiger partial charge >= 0.3 is 5.97 Å². The number of aromatic nitrogens is 3. The minimum atomic E-state index is -1.02. The van der Waals surface area contributed by atoms with Crippen molar-refractivity contribution >= 4 is 28.6 Å². The van der Waals surface area contributed by atoms with E-state index >= 15 is 0 Å². The first-order valence-electron chi connectivity index (χ1n) is 12.5. The van der Waals surface area contributed by atoms with Crippen molar-refractivity contribution in [2.45, 2.75) is 44.6 Å². The van der Waals surface area contributed by atoms with Crippen LogP contribution in [0.25, 0.3) is 10.9 Å². The summed E-state index contributed by atoms with van der Waals surface area (Å²) >= 11 is 0. The molecule has 0 bridgehead atoms. The molecule has 1 saturated heterocycles. The highest BCUT2D eigenvalue weighted by atomic mass is 16.4. The van der Waals surface area contributed by atoms with Gasteiger partial charge < -0.3 is 20.6 Å². The number of fused-ring (bicyclic) bond motifs is 2. The molecule has 35 heavy (non-hydrogen) atoms. The molecule has 1 aromatic carbocycles. The number of rotatable bonds is 9. The molecule has 184 valence electrons. The molecular formula is C26H32N6O3. The molecule has 2 aromatic heterocycles. The maximum atomic E-state index is 12.8. The number of nitrogens with one attached hydrogen (secondary N) is 3. The molecule has 0 spiro atoms. The second-order valence-electron chi connectivity index (χ2n) is 9.63. The normalized spacial score (nSPS) is 18.7. The summed E-state index contributed by atoms with van der Waals surface area (Å²) in [5.74, 6) is 0.209. The molecular weight excluding hydrogens is 444 g/mol. The largest absolute Gasteiger partial charge is 0.480 e. The minimum absolute atomic E-state index is 0.366. The Morgan fingerprint density at radius 2 is 2.17 bits per heavy atom. The number of para-hydroxylation sites is 1. The number of benzene rings is 1. The van der Waals surface area contributed by atoms with Crippen molar-refractivity contribution < 1.29 is 14.7 Å². The van der Waals surface area contributed by atoms with Gasteiger partial charge in [-0.2, -0.15) is 5.10 Å². The first-order chi connectivity index (χ1) is 17.1. The van der Waals surface area contributed by atoms with Crippen LogP contribution in [-0.4, -0.2) is 69.3 Å². The van der Waals surface area contributed by atoms with E-state index in [0.717, 1.165) is 62.2 Å². The maximum absolute atomic E-state index is 12.8. The lowest BCUT2D eigenvalue weighted by Crippen LogP contribution is -2.43. The lowest BCUT2D eigenvalue weighted by molar-refractivity contribution is -0.139. The zero-order chi connectivity index (χ0) is 24.2. The first kappa shape index (κ1) is 23.3. The van der Waals surface area contributed by atoms with E-state index in [-0.39, 0.29) is 0 Å². The van der Waals surface area contributed by atoms with Gasteiger partial charge in [0.1, 0.15) is 11.9 Å². The Hall–Kier alpha value is -3.46. The van der Waals surface area contributed by atoms with E-state index in [1.54, 1.807) is 18.3 Å². The van der Waals surface area contributed by atoms with Crippen LogP contribution < -0.4 is 10.6 Å². The van der Waals surface area contributed by atoms with E-state index in [1.165, 1.54) is 12.0 Å². The van der Waals surface area contributed by atoms with Gasteiger partial charge in [-0.3, -0.25) is 9.89 Å². The molecule has 9 nitrogen and oxygen atoms in total. The van der Waals surface area contributed by atoms with Crippen LogP contribution in [0.5, 0.6) is 0 Å². The number of anilines is 1. The Bertz CT molecular complexity index is 1210. The number of nitrogens with zero attached hydrogens (tertiary/aromatic N) is 3. The van der Waals surface area contributed by atoms with Gasteiger partial charge in [0.05, 0.1) is 17.3 Å². The highest BCUT2D eigenvalue weighted by molar-refractivity contribution is 6.06. The number of carboxylic acids is 1. The lowest BCUT2D eigenvalue weighted by Gasteiger charge is -2.20. The van der Waals surface area contributed by atoms with E-state index in [0.29, 0.717) is 30.0 Å². The van der Waals surface area contributed by atoms with E-state index in [4.69, 9.17) is 4.98 Å². The fourth-order valence-electron chi connectivity index (χ4n) is 5.17. The summed E-state index contributed by atoms with van der Waals surface area (Å²) in [5, 5.41) is 23.4. The van der Waals surface area contributed by atoms with Crippen molar-refractivity contribution in [3.05, 3.63) is 53.3 Å². The topological polar surface area (TPSA) is 123 Å². The van der Waals surface area contributed by atoms with Crippen molar-refractivity contribution in [3.63, 3.8) is 0 Å². The SMILES string of the molecule is O=C(N[C@@H](CCN1CCC(CCc2ccc3c(n2)NCCC3)C1)C(=O)O)c1cccc2cn[nH]c12. The molecule has 1 unspecified atom stereocenters. The van der Waals surface area contributed by atoms with Gasteiger partial charge in [0.25, 0.3) is 5.91 Å². The molecule has 0 radical (unpaired) electrons. The molecule has 4 N–H and O–H groups in total. The summed E-state index contributed by atoms with van der Waals surface area (Å²) in [5.41, 5.74) is 3.46. The second-order valence-corrected chi connectivity index (χ2v) is 9.63. The van der Waals surface area contributed by atoms with Crippen molar-refractivity contribution in [3.8, 4) is 0 Å². The number of aliphatic carboxylic acids is 1. The predicted octanol–water partition coefficient (Wildman–Crippen LogP) is 2.84. The molecule has 1 amide bonds. The Labute approximate surface area is 204 Å². The number of aryl methyl sites for hydroxylation is 2. The molecule has 0 saturated carbocycles. The van der Waals surface area contributed by atoms with Crippen molar-refractivity contribution in [2.75, 3.05) is 31.5 Å². The highest BCUT2D eigenvalue weighted by Crippen LogP contribution is 2.24. The van der Waals surface area contributed by atoms with Gasteiger partial charge in [-0.05, 0) is 68.7 Å². The second kappa shape index (κ2) is 10.4. The number of likely N-dealkylation sites (tertiary alicyclic amines) is 1. The lowest BCUT2D eigenvalue weighted by atomic mass is 10.00. The maximum Gasteiger partial charge on any atom is 0.326 e. The molecule has 2 aliphatic rings. The van der Waals surface area contributed by atoms with E-state index in [1.807, 2.05) is 6.07 Å². The molecule has 1 fully saturated rings. The van der Waals surface area contributed by atoms with Crippen LogP contribution in [0.2, 0.25) is 0 Å². The number of pyridine rings is 1. The number of amides is 1. The fraction of sp³-hybridized carbons (Fsp3) is 0.462. The predicted molar refractivity (Wildman–Crippen MR) is 134 cm³/mol. The zero-order valence-corrected chi connectivity index (χ0v) is 19.8. The average Bonchev–Trinajstić information content (AvgIpc) is 3.54. The van der Waals surface area contributed by atoms with Crippen LogP contribution in [0.15, 0.2) is 36.5 Å². The third-order valence-electron chi connectivity index (χ3n) is 7.19. The molecule has 2 aliphatic heterocycles. The van der Waals surface area contributed by atoms with E-state index in [2.05, 4.69) is 37.9 Å². The molecule has 4 heterocycles. The Balaban J connectivity index is 1.10. The highest BCUT2D eigenvalue weighted by Gasteiger charge is 2.26. The summed E-state index contributed by atoms with van der Waals surface area (Å²) in [6.07, 6.45) is 7.42. The van der Waals surface area contributed by atoms with Gasteiger partial charge in [-0.1, -0.05) is 18.2 Å². The quantitative estimate of drug-likeness (QED) is 0.374. The molecule has 5 rings (SSSR count). The zero-order valence-electron chi connectivity index (χ0n) is 19.8. The van der Waals surface area contributed by atoms with Crippen LogP contribution in [0.1, 0.15) is 47.3 Å². The van der Waals surface area contributed by atoms with Crippen LogP contribution >= 0.6 is 0 Å². The first-order valence-corrected chi connectivity index (χ1v) is 12.5. The minimum Gasteiger partial charge on any atom is -0.480 e. The van der Waals surface area contributed by atoms with E-state index in [9.17, 15) is 14.7 Å². The van der Waals surface area contributed by atoms with Gasteiger partial charge in [-0.15, -0.1) is 0 Å². The van der Waals surface area contributed by atoms with Gasteiger partial charge in [0.15, 0.2) is 0 Å². The number of hydrogen-bond donors (Lipinski definition) is 4. The average molecular weight is 477 g/mol. The molecule has 9 heteroatoms. The number of carbonyl (C=O) groups excluding carboxylic acids is 1. The number of carbonyl (C=O) groups is 2. The Kier molecular flexibility index (Phi) is 6.94. The summed E-state index contributed by atoms with van der Waals surface area (Å²) in [4.78, 5) is 31.7. The summed E-state index contributed by atoms with van der Waals surface area (Å²) in [6, 6.07) is 8.72. The Morgan fingerprint density at radius 1 is 1.26 bits per heavy atom. The number of aromatic amines is 1. The van der Waals surface area contributed by atoms with Gasteiger partial charge in [0, 0.05) is 30.7 Å². The fourth-order valence-corrected chi connectivity index (χ4v) is 5.17. The van der Waals surface area contributed by atoms with Crippen LogP contribution in [0.4, 0.5) is 5.82 Å². The number of carboxylic acid groups (broad SMARTS) is 1. The number of H-pyrrole nitrogens is 1. The smallest absolute Gasteiger partial charge is 0.326 e. The van der Waals surface area contributed by atoms with Crippen molar-refractivity contribution in [2.24, 2.45) is 5.92 Å².